The average molecular weight is 298 g/mol. The second kappa shape index (κ2) is 7.07. The van der Waals surface area contributed by atoms with E-state index in [-0.39, 0.29) is 5.91 Å². The molecule has 0 spiro atoms. The van der Waals surface area contributed by atoms with Crippen LogP contribution in [0.5, 0.6) is 5.75 Å². The first kappa shape index (κ1) is 16.0. The van der Waals surface area contributed by atoms with Crippen LogP contribution < -0.4 is 10.1 Å². The SMILES string of the molecule is COc1c(C)cc(CCNC(=O)c2ccncc2)c(C)c1C. The summed E-state index contributed by atoms with van der Waals surface area (Å²) < 4.78 is 5.44. The first-order valence-electron chi connectivity index (χ1n) is 7.36. The summed E-state index contributed by atoms with van der Waals surface area (Å²) in [6.45, 7) is 6.81. The number of aromatic nitrogens is 1. The van der Waals surface area contributed by atoms with Crippen molar-refractivity contribution in [3.05, 3.63) is 58.4 Å². The smallest absolute Gasteiger partial charge is 0.251 e. The van der Waals surface area contributed by atoms with Gasteiger partial charge in [0.1, 0.15) is 5.75 Å². The lowest BCUT2D eigenvalue weighted by atomic mass is 9.96. The van der Waals surface area contributed by atoms with E-state index in [4.69, 9.17) is 4.74 Å². The highest BCUT2D eigenvalue weighted by molar-refractivity contribution is 5.93. The number of hydrogen-bond donors (Lipinski definition) is 1. The number of rotatable bonds is 5. The van der Waals surface area contributed by atoms with Gasteiger partial charge in [-0.15, -0.1) is 0 Å². The zero-order valence-electron chi connectivity index (χ0n) is 13.6. The van der Waals surface area contributed by atoms with Gasteiger partial charge in [-0.25, -0.2) is 0 Å². The van der Waals surface area contributed by atoms with E-state index in [9.17, 15) is 4.79 Å². The number of hydrogen-bond acceptors (Lipinski definition) is 3. The molecule has 22 heavy (non-hydrogen) atoms. The van der Waals surface area contributed by atoms with E-state index < -0.39 is 0 Å². The third kappa shape index (κ3) is 3.45. The summed E-state index contributed by atoms with van der Waals surface area (Å²) in [4.78, 5) is 15.9. The zero-order chi connectivity index (χ0) is 16.1. The van der Waals surface area contributed by atoms with Crippen LogP contribution in [0.25, 0.3) is 0 Å². The molecule has 2 rings (SSSR count). The predicted octanol–water partition coefficient (Wildman–Crippen LogP) is 2.99. The first-order chi connectivity index (χ1) is 10.5. The molecule has 0 unspecified atom stereocenters. The monoisotopic (exact) mass is 298 g/mol. The van der Waals surface area contributed by atoms with Gasteiger partial charge < -0.3 is 10.1 Å². The maximum atomic E-state index is 12.0. The maximum Gasteiger partial charge on any atom is 0.251 e. The molecule has 0 aliphatic rings. The topological polar surface area (TPSA) is 51.2 Å². The summed E-state index contributed by atoms with van der Waals surface area (Å²) in [6, 6.07) is 5.56. The second-order valence-electron chi connectivity index (χ2n) is 5.38. The summed E-state index contributed by atoms with van der Waals surface area (Å²) in [5.41, 5.74) is 5.39. The second-order valence-corrected chi connectivity index (χ2v) is 5.38. The lowest BCUT2D eigenvalue weighted by Gasteiger charge is -2.16. The van der Waals surface area contributed by atoms with Crippen molar-refractivity contribution >= 4 is 5.91 Å². The maximum absolute atomic E-state index is 12.0. The molecule has 0 bridgehead atoms. The number of amides is 1. The summed E-state index contributed by atoms with van der Waals surface area (Å²) >= 11 is 0. The molecule has 116 valence electrons. The van der Waals surface area contributed by atoms with E-state index in [1.54, 1.807) is 31.6 Å². The van der Waals surface area contributed by atoms with Crippen LogP contribution in [0.3, 0.4) is 0 Å². The van der Waals surface area contributed by atoms with Crippen LogP contribution in [-0.2, 0) is 6.42 Å². The number of carbonyl (C=O) groups is 1. The van der Waals surface area contributed by atoms with Gasteiger partial charge >= 0.3 is 0 Å². The number of pyridine rings is 1. The standard InChI is InChI=1S/C18H22N2O2/c1-12-11-16(13(2)14(3)17(12)22-4)7-10-20-18(21)15-5-8-19-9-6-15/h5-6,8-9,11H,7,10H2,1-4H3,(H,20,21). The summed E-state index contributed by atoms with van der Waals surface area (Å²) in [5.74, 6) is 0.879. The molecule has 1 aromatic heterocycles. The Hall–Kier alpha value is -2.36. The van der Waals surface area contributed by atoms with E-state index in [0.29, 0.717) is 12.1 Å². The van der Waals surface area contributed by atoms with Crippen LogP contribution in [0.1, 0.15) is 32.6 Å². The van der Waals surface area contributed by atoms with Crippen molar-refractivity contribution in [2.45, 2.75) is 27.2 Å². The van der Waals surface area contributed by atoms with Crippen LogP contribution in [0.15, 0.2) is 30.6 Å². The third-order valence-corrected chi connectivity index (χ3v) is 3.96. The van der Waals surface area contributed by atoms with Gasteiger partial charge in [-0.3, -0.25) is 9.78 Å². The van der Waals surface area contributed by atoms with E-state index in [1.165, 1.54) is 11.1 Å². The van der Waals surface area contributed by atoms with Gasteiger partial charge in [-0.05, 0) is 61.6 Å². The largest absolute Gasteiger partial charge is 0.496 e. The Labute approximate surface area is 131 Å². The van der Waals surface area contributed by atoms with Crippen molar-refractivity contribution < 1.29 is 9.53 Å². The Morgan fingerprint density at radius 1 is 1.18 bits per heavy atom. The van der Waals surface area contributed by atoms with Gasteiger partial charge in [-0.2, -0.15) is 0 Å². The Morgan fingerprint density at radius 2 is 1.86 bits per heavy atom. The number of methoxy groups -OCH3 is 1. The summed E-state index contributed by atoms with van der Waals surface area (Å²) in [6.07, 6.45) is 4.04. The molecular formula is C18H22N2O2. The van der Waals surface area contributed by atoms with Crippen LogP contribution in [-0.4, -0.2) is 24.5 Å². The molecule has 1 N–H and O–H groups in total. The van der Waals surface area contributed by atoms with Gasteiger partial charge in [-0.1, -0.05) is 6.07 Å². The molecule has 0 aliphatic heterocycles. The van der Waals surface area contributed by atoms with Gasteiger partial charge in [0, 0.05) is 24.5 Å². The Bertz CT molecular complexity index is 667. The molecule has 1 aromatic carbocycles. The molecule has 4 heteroatoms. The molecule has 0 atom stereocenters. The molecule has 2 aromatic rings. The minimum absolute atomic E-state index is 0.0676. The highest BCUT2D eigenvalue weighted by atomic mass is 16.5. The van der Waals surface area contributed by atoms with Crippen LogP contribution in [0.4, 0.5) is 0 Å². The predicted molar refractivity (Wildman–Crippen MR) is 87.5 cm³/mol. The molecule has 0 saturated heterocycles. The number of ether oxygens (including phenoxy) is 1. The molecule has 1 heterocycles. The Kier molecular flexibility index (Phi) is 5.15. The van der Waals surface area contributed by atoms with Gasteiger partial charge in [0.15, 0.2) is 0 Å². The molecule has 0 saturated carbocycles. The Balaban J connectivity index is 2.02. The third-order valence-electron chi connectivity index (χ3n) is 3.96. The van der Waals surface area contributed by atoms with Crippen molar-refractivity contribution in [2.24, 2.45) is 0 Å². The number of benzene rings is 1. The van der Waals surface area contributed by atoms with E-state index in [0.717, 1.165) is 23.3 Å². The van der Waals surface area contributed by atoms with Crippen LogP contribution in [0.2, 0.25) is 0 Å². The summed E-state index contributed by atoms with van der Waals surface area (Å²) in [7, 11) is 1.70. The zero-order valence-corrected chi connectivity index (χ0v) is 13.6. The van der Waals surface area contributed by atoms with Crippen molar-refractivity contribution in [1.29, 1.82) is 0 Å². The van der Waals surface area contributed by atoms with Gasteiger partial charge in [0.25, 0.3) is 5.91 Å². The lowest BCUT2D eigenvalue weighted by Crippen LogP contribution is -2.25. The molecule has 1 amide bonds. The van der Waals surface area contributed by atoms with Gasteiger partial charge in [0.2, 0.25) is 0 Å². The van der Waals surface area contributed by atoms with Crippen molar-refractivity contribution in [2.75, 3.05) is 13.7 Å². The molecule has 0 aliphatic carbocycles. The number of nitrogens with one attached hydrogen (secondary N) is 1. The fourth-order valence-corrected chi connectivity index (χ4v) is 2.63. The number of carbonyl (C=O) groups excluding carboxylic acids is 1. The van der Waals surface area contributed by atoms with E-state index in [1.807, 2.05) is 6.92 Å². The fourth-order valence-electron chi connectivity index (χ4n) is 2.63. The van der Waals surface area contributed by atoms with Crippen molar-refractivity contribution in [3.63, 3.8) is 0 Å². The molecule has 0 fully saturated rings. The molecule has 4 nitrogen and oxygen atoms in total. The molecular weight excluding hydrogens is 276 g/mol. The van der Waals surface area contributed by atoms with E-state index >= 15 is 0 Å². The summed E-state index contributed by atoms with van der Waals surface area (Å²) in [5, 5.41) is 2.94. The minimum Gasteiger partial charge on any atom is -0.496 e. The first-order valence-corrected chi connectivity index (χ1v) is 7.36. The van der Waals surface area contributed by atoms with Crippen molar-refractivity contribution in [1.82, 2.24) is 10.3 Å². The highest BCUT2D eigenvalue weighted by Gasteiger charge is 2.11. The normalized spacial score (nSPS) is 10.4. The fraction of sp³-hybridized carbons (Fsp3) is 0.333. The quantitative estimate of drug-likeness (QED) is 0.923. The highest BCUT2D eigenvalue weighted by Crippen LogP contribution is 2.28. The number of nitrogens with zero attached hydrogens (tertiary/aromatic N) is 1. The minimum atomic E-state index is -0.0676. The Morgan fingerprint density at radius 3 is 2.50 bits per heavy atom. The van der Waals surface area contributed by atoms with E-state index in [2.05, 4.69) is 30.2 Å². The average Bonchev–Trinajstić information content (AvgIpc) is 2.53. The van der Waals surface area contributed by atoms with Crippen LogP contribution >= 0.6 is 0 Å². The van der Waals surface area contributed by atoms with Crippen LogP contribution in [0, 0.1) is 20.8 Å². The molecule has 0 radical (unpaired) electrons. The lowest BCUT2D eigenvalue weighted by molar-refractivity contribution is 0.0954. The van der Waals surface area contributed by atoms with Crippen molar-refractivity contribution in [3.8, 4) is 5.75 Å². The van der Waals surface area contributed by atoms with Gasteiger partial charge in [0.05, 0.1) is 7.11 Å². The number of aryl methyl sites for hydroxylation is 1.